The summed E-state index contributed by atoms with van der Waals surface area (Å²) in [5, 5.41) is 2.45. The quantitative estimate of drug-likeness (QED) is 0.215. The first kappa shape index (κ1) is 23.5. The van der Waals surface area contributed by atoms with E-state index in [0.717, 1.165) is 33.7 Å². The van der Waals surface area contributed by atoms with Gasteiger partial charge in [-0.25, -0.2) is 4.98 Å². The van der Waals surface area contributed by atoms with Gasteiger partial charge in [0.2, 0.25) is 5.95 Å². The van der Waals surface area contributed by atoms with Gasteiger partial charge in [0.15, 0.2) is 11.6 Å². The predicted octanol–water partition coefficient (Wildman–Crippen LogP) is 9.73. The lowest BCUT2D eigenvalue weighted by Gasteiger charge is -2.32. The van der Waals surface area contributed by atoms with Crippen molar-refractivity contribution in [2.24, 2.45) is 0 Å². The molecule has 6 aromatic carbocycles. The zero-order valence-corrected chi connectivity index (χ0v) is 23.5. The molecule has 0 radical (unpaired) electrons. The molecule has 8 aromatic rings. The van der Waals surface area contributed by atoms with Crippen LogP contribution in [0.1, 0.15) is 0 Å². The molecule has 0 bridgehead atoms. The fourth-order valence-electron chi connectivity index (χ4n) is 7.08. The van der Waals surface area contributed by atoms with Crippen LogP contribution in [-0.2, 0) is 0 Å². The third kappa shape index (κ3) is 3.10. The Bertz CT molecular complexity index is 2390. The van der Waals surface area contributed by atoms with E-state index in [1.54, 1.807) is 0 Å². The molecule has 0 amide bonds. The van der Waals surface area contributed by atoms with Crippen molar-refractivity contribution < 1.29 is 0 Å². The van der Waals surface area contributed by atoms with Crippen LogP contribution >= 0.6 is 0 Å². The number of para-hydroxylation sites is 3. The first-order valence-corrected chi connectivity index (χ1v) is 14.8. The molecule has 0 N–H and O–H groups in total. The molecule has 2 aromatic heterocycles. The Hall–Kier alpha value is -6.07. The summed E-state index contributed by atoms with van der Waals surface area (Å²) < 4.78 is 2.48. The molecule has 5 heteroatoms. The fraction of sp³-hybridized carbons (Fsp3) is 0. The third-order valence-corrected chi connectivity index (χ3v) is 8.90. The van der Waals surface area contributed by atoms with E-state index in [0.29, 0.717) is 17.6 Å². The van der Waals surface area contributed by atoms with Gasteiger partial charge in [-0.15, -0.1) is 0 Å². The predicted molar refractivity (Wildman–Crippen MR) is 178 cm³/mol. The van der Waals surface area contributed by atoms with Gasteiger partial charge < -0.3 is 4.57 Å². The molecule has 0 unspecified atom stereocenters. The Morgan fingerprint density at radius 2 is 0.909 bits per heavy atom. The van der Waals surface area contributed by atoms with Crippen LogP contribution < -0.4 is 4.90 Å². The van der Waals surface area contributed by atoms with Gasteiger partial charge in [0.05, 0.1) is 28.1 Å². The van der Waals surface area contributed by atoms with Crippen molar-refractivity contribution in [2.45, 2.75) is 0 Å². The highest BCUT2D eigenvalue weighted by atomic mass is 15.3. The van der Waals surface area contributed by atoms with E-state index in [4.69, 9.17) is 15.0 Å². The molecule has 5 nitrogen and oxygen atoms in total. The number of hydrogen-bond acceptors (Lipinski definition) is 4. The van der Waals surface area contributed by atoms with Crippen LogP contribution in [0.5, 0.6) is 0 Å². The topological polar surface area (TPSA) is 46.8 Å². The molecule has 0 atom stereocenters. The van der Waals surface area contributed by atoms with E-state index in [1.165, 1.54) is 38.5 Å². The van der Waals surface area contributed by atoms with E-state index in [9.17, 15) is 0 Å². The van der Waals surface area contributed by atoms with Crippen LogP contribution in [-0.4, -0.2) is 19.5 Å². The van der Waals surface area contributed by atoms with Gasteiger partial charge in [-0.05, 0) is 23.3 Å². The average Bonchev–Trinajstić information content (AvgIpc) is 3.38. The van der Waals surface area contributed by atoms with Crippen molar-refractivity contribution in [3.05, 3.63) is 140 Å². The standard InChI is InChI=1S/C39H23N5/c1-3-12-24(13-4-1)37-40-38(25-14-5-2-6-15-25)42-39(41-37)43-32-22-10-20-29-27-17-8-7-16-26(27)28-18-9-19-30-31-21-11-23-33(43)36(31)44(34(28)30)35(29)32/h1-23H. The second-order valence-electron chi connectivity index (χ2n) is 11.3. The van der Waals surface area contributed by atoms with Crippen molar-refractivity contribution in [3.63, 3.8) is 0 Å². The highest BCUT2D eigenvalue weighted by Crippen LogP contribution is 2.55. The molecule has 0 aliphatic carbocycles. The van der Waals surface area contributed by atoms with E-state index < -0.39 is 0 Å². The van der Waals surface area contributed by atoms with Crippen LogP contribution in [0.2, 0.25) is 0 Å². The number of benzene rings is 6. The Morgan fingerprint density at radius 1 is 0.386 bits per heavy atom. The number of nitrogens with zero attached hydrogens (tertiary/aromatic N) is 5. The van der Waals surface area contributed by atoms with Crippen LogP contribution in [0.4, 0.5) is 17.3 Å². The highest BCUT2D eigenvalue weighted by molar-refractivity contribution is 6.21. The van der Waals surface area contributed by atoms with Gasteiger partial charge in [0.1, 0.15) is 0 Å². The summed E-state index contributed by atoms with van der Waals surface area (Å²) in [6, 6.07) is 48.9. The molecule has 0 spiro atoms. The van der Waals surface area contributed by atoms with E-state index in [2.05, 4.69) is 113 Å². The van der Waals surface area contributed by atoms with Crippen LogP contribution in [0.3, 0.4) is 0 Å². The summed E-state index contributed by atoms with van der Waals surface area (Å²) in [4.78, 5) is 17.5. The average molecular weight is 562 g/mol. The second kappa shape index (κ2) is 8.72. The molecule has 44 heavy (non-hydrogen) atoms. The fourth-order valence-corrected chi connectivity index (χ4v) is 7.08. The summed E-state index contributed by atoms with van der Waals surface area (Å²) in [7, 11) is 0. The van der Waals surface area contributed by atoms with Crippen molar-refractivity contribution in [1.29, 1.82) is 0 Å². The zero-order chi connectivity index (χ0) is 28.8. The summed E-state index contributed by atoms with van der Waals surface area (Å²) in [5.41, 5.74) is 12.4. The summed E-state index contributed by atoms with van der Waals surface area (Å²) >= 11 is 0. The number of aromatic nitrogens is 4. The first-order chi connectivity index (χ1) is 21.8. The van der Waals surface area contributed by atoms with Crippen LogP contribution in [0, 0.1) is 0 Å². The third-order valence-electron chi connectivity index (χ3n) is 8.90. The maximum atomic E-state index is 5.17. The van der Waals surface area contributed by atoms with Crippen molar-refractivity contribution in [3.8, 4) is 50.7 Å². The lowest BCUT2D eigenvalue weighted by molar-refractivity contribution is 1.01. The second-order valence-corrected chi connectivity index (χ2v) is 11.3. The molecule has 10 rings (SSSR count). The van der Waals surface area contributed by atoms with Gasteiger partial charge >= 0.3 is 0 Å². The number of anilines is 3. The minimum Gasteiger partial charge on any atom is -0.304 e. The van der Waals surface area contributed by atoms with E-state index >= 15 is 0 Å². The molecule has 0 fully saturated rings. The minimum atomic E-state index is 0.591. The minimum absolute atomic E-state index is 0.591. The maximum Gasteiger partial charge on any atom is 0.238 e. The Labute approximate surface area is 253 Å². The van der Waals surface area contributed by atoms with Crippen molar-refractivity contribution in [2.75, 3.05) is 4.90 Å². The molecule has 4 heterocycles. The van der Waals surface area contributed by atoms with E-state index in [-0.39, 0.29) is 0 Å². The van der Waals surface area contributed by atoms with E-state index in [1.807, 2.05) is 36.4 Å². The Balaban J connectivity index is 1.36. The Morgan fingerprint density at radius 3 is 1.61 bits per heavy atom. The number of rotatable bonds is 3. The number of hydrogen-bond donors (Lipinski definition) is 0. The van der Waals surface area contributed by atoms with Gasteiger partial charge in [-0.1, -0.05) is 127 Å². The monoisotopic (exact) mass is 561 g/mol. The zero-order valence-electron chi connectivity index (χ0n) is 23.5. The SMILES string of the molecule is c1ccc(-c2nc(-c3ccccc3)nc(N3c4cccc5c4-n4c6c(cccc6c6cccc3c64)-c3ccccc3-5)n2)cc1. The smallest absolute Gasteiger partial charge is 0.238 e. The Kier molecular flexibility index (Phi) is 4.66. The molecule has 0 saturated heterocycles. The molecule has 0 saturated carbocycles. The summed E-state index contributed by atoms with van der Waals surface area (Å²) in [6.07, 6.45) is 0. The molecule has 2 aliphatic heterocycles. The van der Waals surface area contributed by atoms with Gasteiger partial charge in [0, 0.05) is 33.0 Å². The molecular formula is C39H23N5. The highest BCUT2D eigenvalue weighted by Gasteiger charge is 2.35. The first-order valence-electron chi connectivity index (χ1n) is 14.8. The van der Waals surface area contributed by atoms with Crippen molar-refractivity contribution >= 4 is 39.1 Å². The van der Waals surface area contributed by atoms with Crippen LogP contribution in [0.15, 0.2) is 140 Å². The van der Waals surface area contributed by atoms with Gasteiger partial charge in [-0.3, -0.25) is 4.90 Å². The lowest BCUT2D eigenvalue weighted by atomic mass is 9.92. The van der Waals surface area contributed by atoms with Crippen LogP contribution in [0.25, 0.3) is 72.5 Å². The molecular weight excluding hydrogens is 538 g/mol. The normalized spacial score (nSPS) is 12.5. The summed E-state index contributed by atoms with van der Waals surface area (Å²) in [6.45, 7) is 0. The van der Waals surface area contributed by atoms with Crippen molar-refractivity contribution in [1.82, 2.24) is 19.5 Å². The lowest BCUT2D eigenvalue weighted by Crippen LogP contribution is -2.21. The summed E-state index contributed by atoms with van der Waals surface area (Å²) in [5.74, 6) is 1.87. The van der Waals surface area contributed by atoms with Gasteiger partial charge in [0.25, 0.3) is 0 Å². The molecule has 204 valence electrons. The van der Waals surface area contributed by atoms with Gasteiger partial charge in [-0.2, -0.15) is 9.97 Å². The maximum absolute atomic E-state index is 5.17. The molecule has 2 aliphatic rings. The number of fused-ring (bicyclic) bond motifs is 4. The largest absolute Gasteiger partial charge is 0.304 e.